The second kappa shape index (κ2) is 5.28. The molecule has 0 aromatic carbocycles. The van der Waals surface area contributed by atoms with E-state index in [1.807, 2.05) is 20.9 Å². The van der Waals surface area contributed by atoms with E-state index in [-0.39, 0.29) is 11.9 Å². The third-order valence-electron chi connectivity index (χ3n) is 3.79. The van der Waals surface area contributed by atoms with Crippen LogP contribution in [0.15, 0.2) is 10.9 Å². The van der Waals surface area contributed by atoms with Crippen molar-refractivity contribution in [3.8, 4) is 0 Å². The maximum Gasteiger partial charge on any atom is 0.258 e. The summed E-state index contributed by atoms with van der Waals surface area (Å²) in [4.78, 5) is 18.7. The largest absolute Gasteiger partial charge is 0.377 e. The fourth-order valence-corrected chi connectivity index (χ4v) is 2.61. The third-order valence-corrected chi connectivity index (χ3v) is 3.79. The first-order valence-electron chi connectivity index (χ1n) is 6.74. The molecule has 0 aliphatic carbocycles. The fraction of sp³-hybridized carbons (Fsp3) is 0.538. The molecule has 2 aromatic heterocycles. The van der Waals surface area contributed by atoms with Gasteiger partial charge < -0.3 is 14.2 Å². The lowest BCUT2D eigenvalue weighted by Gasteiger charge is -2.33. The van der Waals surface area contributed by atoms with Crippen molar-refractivity contribution < 1.29 is 14.1 Å². The van der Waals surface area contributed by atoms with E-state index in [4.69, 9.17) is 9.26 Å². The molecular formula is C13H17N5O3. The molecule has 1 amide bonds. The Kier molecular flexibility index (Phi) is 3.46. The van der Waals surface area contributed by atoms with E-state index in [0.717, 1.165) is 11.4 Å². The van der Waals surface area contributed by atoms with Crippen LogP contribution in [0.4, 0.5) is 0 Å². The zero-order valence-electron chi connectivity index (χ0n) is 12.2. The Labute approximate surface area is 121 Å². The van der Waals surface area contributed by atoms with Crippen molar-refractivity contribution in [3.05, 3.63) is 29.2 Å². The first-order chi connectivity index (χ1) is 10.1. The van der Waals surface area contributed by atoms with Crippen LogP contribution < -0.4 is 0 Å². The topological polar surface area (TPSA) is 86.3 Å². The highest BCUT2D eigenvalue weighted by molar-refractivity contribution is 5.96. The fourth-order valence-electron chi connectivity index (χ4n) is 2.61. The summed E-state index contributed by atoms with van der Waals surface area (Å²) in [5, 5.41) is 8.14. The van der Waals surface area contributed by atoms with Gasteiger partial charge in [0.25, 0.3) is 5.91 Å². The average molecular weight is 291 g/mol. The third kappa shape index (κ3) is 2.31. The number of hydrogen-bond donors (Lipinski definition) is 0. The van der Waals surface area contributed by atoms with Crippen molar-refractivity contribution in [2.45, 2.75) is 19.9 Å². The van der Waals surface area contributed by atoms with Crippen molar-refractivity contribution >= 4 is 5.91 Å². The van der Waals surface area contributed by atoms with E-state index in [9.17, 15) is 4.79 Å². The van der Waals surface area contributed by atoms with E-state index < -0.39 is 0 Å². The van der Waals surface area contributed by atoms with Gasteiger partial charge in [-0.25, -0.2) is 0 Å². The molecule has 0 spiro atoms. The molecule has 0 bridgehead atoms. The Balaban J connectivity index is 1.95. The number of nitrogens with zero attached hydrogens (tertiary/aromatic N) is 5. The Morgan fingerprint density at radius 3 is 2.86 bits per heavy atom. The number of aryl methyl sites for hydroxylation is 2. The van der Waals surface area contributed by atoms with Gasteiger partial charge in [-0.15, -0.1) is 0 Å². The van der Waals surface area contributed by atoms with Gasteiger partial charge in [-0.05, 0) is 13.8 Å². The second-order valence-corrected chi connectivity index (χ2v) is 5.05. The van der Waals surface area contributed by atoms with Crippen LogP contribution in [0.2, 0.25) is 0 Å². The van der Waals surface area contributed by atoms with Crippen LogP contribution in [-0.2, 0) is 11.8 Å². The molecule has 8 nitrogen and oxygen atoms in total. The van der Waals surface area contributed by atoms with Crippen LogP contribution in [-0.4, -0.2) is 50.5 Å². The lowest BCUT2D eigenvalue weighted by atomic mass is 10.1. The van der Waals surface area contributed by atoms with Crippen LogP contribution >= 0.6 is 0 Å². The van der Waals surface area contributed by atoms with Gasteiger partial charge in [0.15, 0.2) is 5.82 Å². The van der Waals surface area contributed by atoms with Gasteiger partial charge in [-0.3, -0.25) is 9.48 Å². The van der Waals surface area contributed by atoms with E-state index >= 15 is 0 Å². The summed E-state index contributed by atoms with van der Waals surface area (Å²) in [6.45, 7) is 5.08. The number of hydrogen-bond acceptors (Lipinski definition) is 6. The van der Waals surface area contributed by atoms with E-state index in [1.54, 1.807) is 9.58 Å². The number of amides is 1. The first-order valence-corrected chi connectivity index (χ1v) is 6.74. The monoisotopic (exact) mass is 291 g/mol. The highest BCUT2D eigenvalue weighted by Gasteiger charge is 2.34. The van der Waals surface area contributed by atoms with Gasteiger partial charge in [-0.2, -0.15) is 10.1 Å². The number of carbonyl (C=O) groups excluding carboxylic acids is 1. The lowest BCUT2D eigenvalue weighted by molar-refractivity contribution is -0.00585. The molecule has 1 unspecified atom stereocenters. The Morgan fingerprint density at radius 2 is 2.24 bits per heavy atom. The smallest absolute Gasteiger partial charge is 0.258 e. The van der Waals surface area contributed by atoms with E-state index in [2.05, 4.69) is 15.2 Å². The summed E-state index contributed by atoms with van der Waals surface area (Å²) in [5.41, 5.74) is 2.20. The molecule has 1 atom stereocenters. The molecule has 0 saturated carbocycles. The van der Waals surface area contributed by atoms with Crippen molar-refractivity contribution in [3.63, 3.8) is 0 Å². The summed E-state index contributed by atoms with van der Waals surface area (Å²) in [6.07, 6.45) is 1.26. The number of rotatable bonds is 2. The average Bonchev–Trinajstić information content (AvgIpc) is 3.08. The van der Waals surface area contributed by atoms with Crippen molar-refractivity contribution in [2.24, 2.45) is 7.05 Å². The number of carbonyl (C=O) groups is 1. The van der Waals surface area contributed by atoms with Crippen molar-refractivity contribution in [2.75, 3.05) is 19.8 Å². The molecule has 0 N–H and O–H groups in total. The lowest BCUT2D eigenvalue weighted by Crippen LogP contribution is -2.44. The van der Waals surface area contributed by atoms with Crippen LogP contribution in [0.3, 0.4) is 0 Å². The quantitative estimate of drug-likeness (QED) is 0.806. The minimum atomic E-state index is -0.330. The van der Waals surface area contributed by atoms with Crippen LogP contribution in [0.1, 0.15) is 33.6 Å². The zero-order valence-corrected chi connectivity index (χ0v) is 12.2. The van der Waals surface area contributed by atoms with E-state index in [0.29, 0.717) is 31.1 Å². The summed E-state index contributed by atoms with van der Waals surface area (Å²) >= 11 is 0. The molecular weight excluding hydrogens is 274 g/mol. The van der Waals surface area contributed by atoms with Crippen LogP contribution in [0.25, 0.3) is 0 Å². The Hall–Kier alpha value is -2.22. The number of aromatic nitrogens is 4. The predicted molar refractivity (Wildman–Crippen MR) is 71.6 cm³/mol. The maximum atomic E-state index is 12.9. The summed E-state index contributed by atoms with van der Waals surface area (Å²) in [6, 6.07) is -0.330. The van der Waals surface area contributed by atoms with Crippen molar-refractivity contribution in [1.29, 1.82) is 0 Å². The van der Waals surface area contributed by atoms with Crippen LogP contribution in [0, 0.1) is 13.8 Å². The molecule has 2 aromatic rings. The summed E-state index contributed by atoms with van der Waals surface area (Å²) in [5.74, 6) is 0.387. The minimum Gasteiger partial charge on any atom is -0.377 e. The highest BCUT2D eigenvalue weighted by Crippen LogP contribution is 2.25. The maximum absolute atomic E-state index is 12.9. The molecule has 3 heterocycles. The molecule has 112 valence electrons. The molecule has 3 rings (SSSR count). The minimum absolute atomic E-state index is 0.0730. The van der Waals surface area contributed by atoms with Gasteiger partial charge in [-0.1, -0.05) is 5.16 Å². The van der Waals surface area contributed by atoms with Crippen LogP contribution in [0.5, 0.6) is 0 Å². The Bertz CT molecular complexity index is 649. The summed E-state index contributed by atoms with van der Waals surface area (Å²) < 4.78 is 11.9. The Morgan fingerprint density at radius 1 is 1.43 bits per heavy atom. The molecule has 0 radical (unpaired) electrons. The van der Waals surface area contributed by atoms with Gasteiger partial charge in [0.2, 0.25) is 6.39 Å². The number of morpholine rings is 1. The van der Waals surface area contributed by atoms with Crippen molar-refractivity contribution in [1.82, 2.24) is 24.8 Å². The molecule has 1 saturated heterocycles. The first kappa shape index (κ1) is 13.7. The van der Waals surface area contributed by atoms with Gasteiger partial charge in [0.1, 0.15) is 6.04 Å². The SMILES string of the molecule is Cc1nn(C)c(C)c1C(=O)N1CCOCC1c1ncon1. The van der Waals surface area contributed by atoms with E-state index in [1.165, 1.54) is 6.39 Å². The number of ether oxygens (including phenoxy) is 1. The highest BCUT2D eigenvalue weighted by atomic mass is 16.5. The zero-order chi connectivity index (χ0) is 15.0. The van der Waals surface area contributed by atoms with Gasteiger partial charge in [0.05, 0.1) is 24.5 Å². The van der Waals surface area contributed by atoms with Gasteiger partial charge in [0, 0.05) is 19.3 Å². The normalized spacial score (nSPS) is 19.0. The molecule has 1 aliphatic rings. The second-order valence-electron chi connectivity index (χ2n) is 5.05. The predicted octanol–water partition coefficient (Wildman–Crippen LogP) is 0.634. The molecule has 21 heavy (non-hydrogen) atoms. The standard InChI is InChI=1S/C13H17N5O3/c1-8-11(9(2)17(3)15-8)13(19)18-4-5-20-6-10(18)12-14-7-21-16-12/h7,10H,4-6H2,1-3H3. The molecule has 8 heteroatoms. The van der Waals surface area contributed by atoms with Gasteiger partial charge >= 0.3 is 0 Å². The molecule has 1 aliphatic heterocycles. The summed E-state index contributed by atoms with van der Waals surface area (Å²) in [7, 11) is 1.83. The molecule has 1 fully saturated rings.